The van der Waals surface area contributed by atoms with Crippen LogP contribution < -0.4 is 5.32 Å². The molecule has 0 bridgehead atoms. The molecule has 1 atom stereocenters. The van der Waals surface area contributed by atoms with Crippen molar-refractivity contribution in [3.05, 3.63) is 35.9 Å². The maximum absolute atomic E-state index is 12.1. The molecule has 0 aliphatic carbocycles. The standard InChI is InChI=1S/C14H16N2O3S/c1-10-14(19)15-12(17)7-16(10)13(18)9-20-8-11-5-3-2-4-6-11/h2-6,10H,7-9H2,1H3,(H,15,17,19). The van der Waals surface area contributed by atoms with Crippen molar-refractivity contribution in [2.45, 2.75) is 18.7 Å². The molecule has 20 heavy (non-hydrogen) atoms. The van der Waals surface area contributed by atoms with Crippen LogP contribution in [0, 0.1) is 0 Å². The second-order valence-corrected chi connectivity index (χ2v) is 5.57. The van der Waals surface area contributed by atoms with Gasteiger partial charge in [0.25, 0.3) is 0 Å². The molecule has 1 fully saturated rings. The molecule has 0 saturated carbocycles. The Labute approximate surface area is 121 Å². The van der Waals surface area contributed by atoms with Crippen LogP contribution in [0.25, 0.3) is 0 Å². The van der Waals surface area contributed by atoms with Gasteiger partial charge in [-0.1, -0.05) is 30.3 Å². The number of amides is 3. The molecule has 106 valence electrons. The zero-order chi connectivity index (χ0) is 14.5. The largest absolute Gasteiger partial charge is 0.321 e. The van der Waals surface area contributed by atoms with Crippen molar-refractivity contribution < 1.29 is 14.4 Å². The lowest BCUT2D eigenvalue weighted by Gasteiger charge is -2.31. The van der Waals surface area contributed by atoms with Crippen LogP contribution in [0.1, 0.15) is 12.5 Å². The van der Waals surface area contributed by atoms with Gasteiger partial charge in [-0.25, -0.2) is 0 Å². The summed E-state index contributed by atoms with van der Waals surface area (Å²) in [6, 6.07) is 9.26. The van der Waals surface area contributed by atoms with Gasteiger partial charge in [-0.15, -0.1) is 11.8 Å². The average Bonchev–Trinajstić information content (AvgIpc) is 2.44. The molecule has 1 N–H and O–H groups in total. The molecule has 1 aromatic carbocycles. The Kier molecular flexibility index (Phi) is 4.79. The molecular weight excluding hydrogens is 276 g/mol. The lowest BCUT2D eigenvalue weighted by atomic mass is 10.2. The fourth-order valence-electron chi connectivity index (χ4n) is 1.93. The number of carbonyl (C=O) groups is 3. The topological polar surface area (TPSA) is 66.5 Å². The number of thioether (sulfide) groups is 1. The quantitative estimate of drug-likeness (QED) is 0.833. The summed E-state index contributed by atoms with van der Waals surface area (Å²) in [6.45, 7) is 1.58. The first-order chi connectivity index (χ1) is 9.58. The highest BCUT2D eigenvalue weighted by Crippen LogP contribution is 2.14. The van der Waals surface area contributed by atoms with Crippen molar-refractivity contribution in [3.8, 4) is 0 Å². The van der Waals surface area contributed by atoms with Crippen LogP contribution in [0.15, 0.2) is 30.3 Å². The Hall–Kier alpha value is -1.82. The molecule has 6 heteroatoms. The van der Waals surface area contributed by atoms with Gasteiger partial charge in [0.05, 0.1) is 5.75 Å². The highest BCUT2D eigenvalue weighted by Gasteiger charge is 2.33. The van der Waals surface area contributed by atoms with E-state index in [4.69, 9.17) is 0 Å². The van der Waals surface area contributed by atoms with Crippen LogP contribution in [-0.2, 0) is 20.1 Å². The molecule has 2 rings (SSSR count). The Balaban J connectivity index is 1.85. The summed E-state index contributed by atoms with van der Waals surface area (Å²) in [7, 11) is 0. The van der Waals surface area contributed by atoms with Gasteiger partial charge in [-0.2, -0.15) is 0 Å². The minimum Gasteiger partial charge on any atom is -0.321 e. The van der Waals surface area contributed by atoms with Crippen molar-refractivity contribution in [3.63, 3.8) is 0 Å². The van der Waals surface area contributed by atoms with E-state index in [1.165, 1.54) is 16.7 Å². The van der Waals surface area contributed by atoms with Crippen LogP contribution in [0.2, 0.25) is 0 Å². The first kappa shape index (κ1) is 14.6. The molecule has 1 saturated heterocycles. The van der Waals surface area contributed by atoms with Crippen molar-refractivity contribution in [2.75, 3.05) is 12.3 Å². The van der Waals surface area contributed by atoms with Gasteiger partial charge in [0.1, 0.15) is 12.6 Å². The summed E-state index contributed by atoms with van der Waals surface area (Å²) in [6.07, 6.45) is 0. The van der Waals surface area contributed by atoms with Crippen molar-refractivity contribution in [2.24, 2.45) is 0 Å². The van der Waals surface area contributed by atoms with E-state index in [1.54, 1.807) is 6.92 Å². The molecular formula is C14H16N2O3S. The Morgan fingerprint density at radius 1 is 1.35 bits per heavy atom. The molecule has 1 aliphatic heterocycles. The first-order valence-corrected chi connectivity index (χ1v) is 7.48. The summed E-state index contributed by atoms with van der Waals surface area (Å²) >= 11 is 1.48. The smallest absolute Gasteiger partial charge is 0.249 e. The summed E-state index contributed by atoms with van der Waals surface area (Å²) < 4.78 is 0. The SMILES string of the molecule is CC1C(=O)NC(=O)CN1C(=O)CSCc1ccccc1. The summed E-state index contributed by atoms with van der Waals surface area (Å²) in [4.78, 5) is 36.2. The fourth-order valence-corrected chi connectivity index (χ4v) is 2.80. The van der Waals surface area contributed by atoms with E-state index in [1.807, 2.05) is 30.3 Å². The third-order valence-corrected chi connectivity index (χ3v) is 4.07. The minimum absolute atomic E-state index is 0.0440. The van der Waals surface area contributed by atoms with Gasteiger partial charge in [-0.3, -0.25) is 19.7 Å². The number of nitrogens with zero attached hydrogens (tertiary/aromatic N) is 1. The maximum Gasteiger partial charge on any atom is 0.249 e. The first-order valence-electron chi connectivity index (χ1n) is 6.33. The fraction of sp³-hybridized carbons (Fsp3) is 0.357. The second-order valence-electron chi connectivity index (χ2n) is 4.59. The number of imide groups is 1. The Morgan fingerprint density at radius 2 is 2.05 bits per heavy atom. The normalized spacial score (nSPS) is 18.9. The van der Waals surface area contributed by atoms with E-state index >= 15 is 0 Å². The van der Waals surface area contributed by atoms with Gasteiger partial charge >= 0.3 is 0 Å². The summed E-state index contributed by atoms with van der Waals surface area (Å²) in [5, 5.41) is 2.22. The van der Waals surface area contributed by atoms with E-state index in [9.17, 15) is 14.4 Å². The molecule has 1 aromatic rings. The third kappa shape index (κ3) is 3.60. The summed E-state index contributed by atoms with van der Waals surface area (Å²) in [5.74, 6) is -0.0202. The number of rotatable bonds is 4. The van der Waals surface area contributed by atoms with Crippen LogP contribution in [0.4, 0.5) is 0 Å². The number of nitrogens with one attached hydrogen (secondary N) is 1. The molecule has 0 radical (unpaired) electrons. The number of hydrogen-bond donors (Lipinski definition) is 1. The predicted molar refractivity (Wildman–Crippen MR) is 76.9 cm³/mol. The van der Waals surface area contributed by atoms with Gasteiger partial charge in [0.2, 0.25) is 17.7 Å². The molecule has 1 heterocycles. The monoisotopic (exact) mass is 292 g/mol. The molecule has 5 nitrogen and oxygen atoms in total. The van der Waals surface area contributed by atoms with Crippen LogP contribution >= 0.6 is 11.8 Å². The Morgan fingerprint density at radius 3 is 2.75 bits per heavy atom. The zero-order valence-electron chi connectivity index (χ0n) is 11.2. The van der Waals surface area contributed by atoms with Crippen molar-refractivity contribution in [1.82, 2.24) is 10.2 Å². The number of carbonyl (C=O) groups excluding carboxylic acids is 3. The van der Waals surface area contributed by atoms with Crippen LogP contribution in [0.5, 0.6) is 0 Å². The highest BCUT2D eigenvalue weighted by molar-refractivity contribution is 7.99. The van der Waals surface area contributed by atoms with Gasteiger partial charge in [0.15, 0.2) is 0 Å². The molecule has 1 unspecified atom stereocenters. The molecule has 0 spiro atoms. The van der Waals surface area contributed by atoms with E-state index in [0.717, 1.165) is 11.3 Å². The molecule has 1 aliphatic rings. The lowest BCUT2D eigenvalue weighted by Crippen LogP contribution is -2.59. The Bertz CT molecular complexity index is 518. The van der Waals surface area contributed by atoms with E-state index in [2.05, 4.69) is 5.32 Å². The second kappa shape index (κ2) is 6.56. The molecule has 0 aromatic heterocycles. The third-order valence-electron chi connectivity index (χ3n) is 3.08. The predicted octanol–water partition coefficient (Wildman–Crippen LogP) is 0.793. The van der Waals surface area contributed by atoms with E-state index < -0.39 is 17.9 Å². The van der Waals surface area contributed by atoms with E-state index in [-0.39, 0.29) is 18.2 Å². The number of piperazine rings is 1. The maximum atomic E-state index is 12.1. The van der Waals surface area contributed by atoms with Crippen molar-refractivity contribution in [1.29, 1.82) is 0 Å². The van der Waals surface area contributed by atoms with Crippen LogP contribution in [-0.4, -0.2) is 41.0 Å². The van der Waals surface area contributed by atoms with Gasteiger partial charge in [-0.05, 0) is 12.5 Å². The van der Waals surface area contributed by atoms with Crippen molar-refractivity contribution >= 4 is 29.5 Å². The highest BCUT2D eigenvalue weighted by atomic mass is 32.2. The zero-order valence-corrected chi connectivity index (χ0v) is 12.0. The number of hydrogen-bond acceptors (Lipinski definition) is 4. The summed E-state index contributed by atoms with van der Waals surface area (Å²) in [5.41, 5.74) is 1.14. The minimum atomic E-state index is -0.586. The van der Waals surface area contributed by atoms with E-state index in [0.29, 0.717) is 0 Å². The van der Waals surface area contributed by atoms with Gasteiger partial charge < -0.3 is 4.90 Å². The lowest BCUT2D eigenvalue weighted by molar-refractivity contribution is -0.148. The van der Waals surface area contributed by atoms with Crippen LogP contribution in [0.3, 0.4) is 0 Å². The molecule has 3 amide bonds. The number of benzene rings is 1. The average molecular weight is 292 g/mol. The van der Waals surface area contributed by atoms with Gasteiger partial charge in [0, 0.05) is 5.75 Å².